The largest absolute Gasteiger partial charge is 0.355 e. The predicted octanol–water partition coefficient (Wildman–Crippen LogP) is 4.05. The van der Waals surface area contributed by atoms with Gasteiger partial charge in [0.2, 0.25) is 5.91 Å². The van der Waals surface area contributed by atoms with Crippen molar-refractivity contribution in [2.75, 3.05) is 6.54 Å². The number of rotatable bonds is 6. The lowest BCUT2D eigenvalue weighted by Gasteiger charge is -2.16. The van der Waals surface area contributed by atoms with Crippen molar-refractivity contribution in [3.8, 4) is 0 Å². The fraction of sp³-hybridized carbons (Fsp3) is 0.235. The Balaban J connectivity index is 2.18. The van der Waals surface area contributed by atoms with Crippen LogP contribution in [0.4, 0.5) is 0 Å². The molecule has 0 bridgehead atoms. The van der Waals surface area contributed by atoms with Gasteiger partial charge in [-0.3, -0.25) is 4.79 Å². The van der Waals surface area contributed by atoms with Crippen LogP contribution in [0.25, 0.3) is 0 Å². The minimum atomic E-state index is -0.204. The SMILES string of the molecule is CCCNC(=O)[C@H](Sc1ccccc1)c1ccccc1. The fourth-order valence-corrected chi connectivity index (χ4v) is 2.95. The zero-order valence-corrected chi connectivity index (χ0v) is 12.4. The summed E-state index contributed by atoms with van der Waals surface area (Å²) in [5.41, 5.74) is 1.04. The molecule has 0 saturated heterocycles. The molecule has 1 atom stereocenters. The smallest absolute Gasteiger partial charge is 0.237 e. The van der Waals surface area contributed by atoms with Crippen LogP contribution in [-0.4, -0.2) is 12.5 Å². The minimum absolute atomic E-state index is 0.0758. The summed E-state index contributed by atoms with van der Waals surface area (Å²) in [6.45, 7) is 2.78. The molecule has 20 heavy (non-hydrogen) atoms. The van der Waals surface area contributed by atoms with Crippen molar-refractivity contribution in [3.63, 3.8) is 0 Å². The number of hydrogen-bond acceptors (Lipinski definition) is 2. The molecule has 2 nitrogen and oxygen atoms in total. The molecule has 0 saturated carbocycles. The van der Waals surface area contributed by atoms with E-state index < -0.39 is 0 Å². The van der Waals surface area contributed by atoms with Crippen LogP contribution in [0.1, 0.15) is 24.2 Å². The molecule has 104 valence electrons. The summed E-state index contributed by atoms with van der Waals surface area (Å²) in [7, 11) is 0. The molecule has 0 aliphatic heterocycles. The molecule has 1 amide bonds. The van der Waals surface area contributed by atoms with E-state index in [1.807, 2.05) is 60.7 Å². The van der Waals surface area contributed by atoms with Gasteiger partial charge in [0.25, 0.3) is 0 Å². The predicted molar refractivity (Wildman–Crippen MR) is 84.8 cm³/mol. The van der Waals surface area contributed by atoms with Crippen molar-refractivity contribution in [2.45, 2.75) is 23.5 Å². The first kappa shape index (κ1) is 14.7. The Labute approximate surface area is 124 Å². The maximum absolute atomic E-state index is 12.4. The third-order valence-electron chi connectivity index (χ3n) is 2.89. The summed E-state index contributed by atoms with van der Waals surface area (Å²) in [6.07, 6.45) is 0.948. The zero-order valence-electron chi connectivity index (χ0n) is 11.6. The third kappa shape index (κ3) is 4.14. The highest BCUT2D eigenvalue weighted by Gasteiger charge is 2.21. The van der Waals surface area contributed by atoms with Crippen molar-refractivity contribution >= 4 is 17.7 Å². The van der Waals surface area contributed by atoms with Crippen LogP contribution in [0.15, 0.2) is 65.6 Å². The highest BCUT2D eigenvalue weighted by Crippen LogP contribution is 2.35. The van der Waals surface area contributed by atoms with Crippen LogP contribution in [0.3, 0.4) is 0 Å². The maximum Gasteiger partial charge on any atom is 0.237 e. The van der Waals surface area contributed by atoms with Crippen molar-refractivity contribution in [3.05, 3.63) is 66.2 Å². The van der Waals surface area contributed by atoms with E-state index in [0.29, 0.717) is 0 Å². The summed E-state index contributed by atoms with van der Waals surface area (Å²) in [5.74, 6) is 0.0758. The normalized spacial score (nSPS) is 11.8. The quantitative estimate of drug-likeness (QED) is 0.811. The van der Waals surface area contributed by atoms with Crippen molar-refractivity contribution in [1.82, 2.24) is 5.32 Å². The van der Waals surface area contributed by atoms with Gasteiger partial charge < -0.3 is 5.32 Å². The van der Waals surface area contributed by atoms with Gasteiger partial charge in [0, 0.05) is 11.4 Å². The summed E-state index contributed by atoms with van der Waals surface area (Å²) in [6, 6.07) is 20.0. The lowest BCUT2D eigenvalue weighted by molar-refractivity contribution is -0.120. The highest BCUT2D eigenvalue weighted by molar-refractivity contribution is 8.00. The standard InChI is InChI=1S/C17H19NOS/c1-2-13-18-17(19)16(14-9-5-3-6-10-14)20-15-11-7-4-8-12-15/h3-12,16H,2,13H2,1H3,(H,18,19)/t16-/m1/s1. The van der Waals surface area contributed by atoms with Gasteiger partial charge in [-0.2, -0.15) is 0 Å². The monoisotopic (exact) mass is 285 g/mol. The number of benzene rings is 2. The van der Waals surface area contributed by atoms with E-state index in [-0.39, 0.29) is 11.2 Å². The Morgan fingerprint density at radius 1 is 1.05 bits per heavy atom. The molecular formula is C17H19NOS. The van der Waals surface area contributed by atoms with E-state index in [1.54, 1.807) is 11.8 Å². The molecule has 0 unspecified atom stereocenters. The number of thioether (sulfide) groups is 1. The average molecular weight is 285 g/mol. The van der Waals surface area contributed by atoms with E-state index in [2.05, 4.69) is 12.2 Å². The molecule has 0 aromatic heterocycles. The van der Waals surface area contributed by atoms with Crippen molar-refractivity contribution in [2.24, 2.45) is 0 Å². The molecular weight excluding hydrogens is 266 g/mol. The minimum Gasteiger partial charge on any atom is -0.355 e. The second-order valence-corrected chi connectivity index (χ2v) is 5.69. The second kappa shape index (κ2) is 7.75. The van der Waals surface area contributed by atoms with E-state index in [1.165, 1.54) is 0 Å². The van der Waals surface area contributed by atoms with Gasteiger partial charge >= 0.3 is 0 Å². The molecule has 0 radical (unpaired) electrons. The number of amides is 1. The van der Waals surface area contributed by atoms with E-state index in [9.17, 15) is 4.79 Å². The summed E-state index contributed by atoms with van der Waals surface area (Å²) < 4.78 is 0. The van der Waals surface area contributed by atoms with Gasteiger partial charge in [-0.1, -0.05) is 55.5 Å². The van der Waals surface area contributed by atoms with E-state index in [4.69, 9.17) is 0 Å². The topological polar surface area (TPSA) is 29.1 Å². The summed E-state index contributed by atoms with van der Waals surface area (Å²) >= 11 is 1.59. The second-order valence-electron chi connectivity index (χ2n) is 4.51. The van der Waals surface area contributed by atoms with Gasteiger partial charge in [0.15, 0.2) is 0 Å². The molecule has 0 spiro atoms. The zero-order chi connectivity index (χ0) is 14.2. The Morgan fingerprint density at radius 3 is 2.25 bits per heavy atom. The third-order valence-corrected chi connectivity index (χ3v) is 4.15. The van der Waals surface area contributed by atoms with Gasteiger partial charge in [-0.25, -0.2) is 0 Å². The number of carbonyl (C=O) groups is 1. The van der Waals surface area contributed by atoms with Crippen LogP contribution >= 0.6 is 11.8 Å². The van der Waals surface area contributed by atoms with Gasteiger partial charge in [-0.15, -0.1) is 11.8 Å². The van der Waals surface area contributed by atoms with E-state index in [0.717, 1.165) is 23.4 Å². The highest BCUT2D eigenvalue weighted by atomic mass is 32.2. The average Bonchev–Trinajstić information content (AvgIpc) is 2.52. The molecule has 0 aliphatic carbocycles. The molecule has 0 aliphatic rings. The van der Waals surface area contributed by atoms with Crippen LogP contribution in [0, 0.1) is 0 Å². The maximum atomic E-state index is 12.4. The molecule has 2 aromatic carbocycles. The van der Waals surface area contributed by atoms with Gasteiger partial charge in [-0.05, 0) is 24.1 Å². The Hall–Kier alpha value is -1.74. The molecule has 3 heteroatoms. The molecule has 1 N–H and O–H groups in total. The number of nitrogens with one attached hydrogen (secondary N) is 1. The number of carbonyl (C=O) groups excluding carboxylic acids is 1. The Bertz CT molecular complexity index is 527. The fourth-order valence-electron chi connectivity index (χ4n) is 1.88. The van der Waals surface area contributed by atoms with E-state index >= 15 is 0 Å². The molecule has 0 fully saturated rings. The summed E-state index contributed by atoms with van der Waals surface area (Å²) in [5, 5.41) is 2.79. The Morgan fingerprint density at radius 2 is 1.65 bits per heavy atom. The van der Waals surface area contributed by atoms with Crippen LogP contribution < -0.4 is 5.32 Å². The molecule has 2 aromatic rings. The van der Waals surface area contributed by atoms with Crippen LogP contribution in [-0.2, 0) is 4.79 Å². The van der Waals surface area contributed by atoms with Crippen molar-refractivity contribution < 1.29 is 4.79 Å². The first-order valence-electron chi connectivity index (χ1n) is 6.85. The van der Waals surface area contributed by atoms with Gasteiger partial charge in [0.1, 0.15) is 5.25 Å². The Kier molecular flexibility index (Phi) is 5.69. The number of hydrogen-bond donors (Lipinski definition) is 1. The first-order chi connectivity index (χ1) is 9.81. The summed E-state index contributed by atoms with van der Waals surface area (Å²) in [4.78, 5) is 13.5. The molecule has 2 rings (SSSR count). The first-order valence-corrected chi connectivity index (χ1v) is 7.73. The van der Waals surface area contributed by atoms with Crippen LogP contribution in [0.5, 0.6) is 0 Å². The van der Waals surface area contributed by atoms with Gasteiger partial charge in [0.05, 0.1) is 0 Å². The van der Waals surface area contributed by atoms with Crippen LogP contribution in [0.2, 0.25) is 0 Å². The van der Waals surface area contributed by atoms with Crippen molar-refractivity contribution in [1.29, 1.82) is 0 Å². The lowest BCUT2D eigenvalue weighted by atomic mass is 10.1. The lowest BCUT2D eigenvalue weighted by Crippen LogP contribution is -2.28. The molecule has 0 heterocycles.